The summed E-state index contributed by atoms with van der Waals surface area (Å²) in [4.78, 5) is 38.1. The molecule has 0 aliphatic heterocycles. The molecular formula is C62H110O6. The van der Waals surface area contributed by atoms with Crippen LogP contribution in [0.1, 0.15) is 297 Å². The zero-order valence-corrected chi connectivity index (χ0v) is 45.1. The number of hydrogen-bond donors (Lipinski definition) is 0. The van der Waals surface area contributed by atoms with Crippen LogP contribution in [-0.4, -0.2) is 37.2 Å². The number of ether oxygens (including phenoxy) is 3. The van der Waals surface area contributed by atoms with E-state index in [2.05, 4.69) is 81.5 Å². The third-order valence-corrected chi connectivity index (χ3v) is 12.7. The van der Waals surface area contributed by atoms with Crippen molar-refractivity contribution in [1.82, 2.24) is 0 Å². The molecule has 0 rings (SSSR count). The molecule has 0 unspecified atom stereocenters. The van der Waals surface area contributed by atoms with Gasteiger partial charge in [-0.2, -0.15) is 0 Å². The number of carbonyl (C=O) groups is 3. The quantitative estimate of drug-likeness (QED) is 0.0262. The third-order valence-electron chi connectivity index (χ3n) is 12.7. The van der Waals surface area contributed by atoms with Gasteiger partial charge in [0.1, 0.15) is 13.2 Å². The minimum absolute atomic E-state index is 0.0888. The first kappa shape index (κ1) is 65.1. The number of rotatable bonds is 53. The molecular weight excluding hydrogens is 841 g/mol. The highest BCUT2D eigenvalue weighted by Gasteiger charge is 2.19. The third kappa shape index (κ3) is 54.1. The van der Waals surface area contributed by atoms with Crippen LogP contribution < -0.4 is 0 Å². The highest BCUT2D eigenvalue weighted by atomic mass is 16.6. The number of esters is 3. The molecule has 0 saturated carbocycles. The molecule has 0 saturated heterocycles. The van der Waals surface area contributed by atoms with E-state index in [1.807, 2.05) is 0 Å². The minimum atomic E-state index is -0.794. The molecule has 0 amide bonds. The predicted molar refractivity (Wildman–Crippen MR) is 293 cm³/mol. The molecule has 1 atom stereocenters. The lowest BCUT2D eigenvalue weighted by Gasteiger charge is -2.18. The molecule has 6 heteroatoms. The number of hydrogen-bond acceptors (Lipinski definition) is 6. The van der Waals surface area contributed by atoms with Crippen LogP contribution in [0.2, 0.25) is 0 Å². The summed E-state index contributed by atoms with van der Waals surface area (Å²) in [6.45, 7) is 6.58. The van der Waals surface area contributed by atoms with Crippen molar-refractivity contribution in [2.24, 2.45) is 0 Å². The Morgan fingerprint density at radius 3 is 0.926 bits per heavy atom. The van der Waals surface area contributed by atoms with Crippen molar-refractivity contribution in [2.75, 3.05) is 13.2 Å². The maximum Gasteiger partial charge on any atom is 0.306 e. The topological polar surface area (TPSA) is 78.9 Å². The van der Waals surface area contributed by atoms with Crippen molar-refractivity contribution < 1.29 is 28.6 Å². The molecule has 0 aromatic carbocycles. The lowest BCUT2D eigenvalue weighted by Crippen LogP contribution is -2.30. The van der Waals surface area contributed by atoms with Gasteiger partial charge < -0.3 is 14.2 Å². The summed E-state index contributed by atoms with van der Waals surface area (Å²) >= 11 is 0. The molecule has 0 bridgehead atoms. The molecule has 0 aliphatic carbocycles. The Balaban J connectivity index is 4.36. The molecule has 0 heterocycles. The summed E-state index contributed by atoms with van der Waals surface area (Å²) in [5, 5.41) is 0. The zero-order chi connectivity index (χ0) is 49.3. The van der Waals surface area contributed by atoms with Crippen LogP contribution in [0.25, 0.3) is 0 Å². The molecule has 6 nitrogen and oxygen atoms in total. The van der Waals surface area contributed by atoms with Crippen LogP contribution in [0.5, 0.6) is 0 Å². The van der Waals surface area contributed by atoms with Gasteiger partial charge in [0, 0.05) is 19.3 Å². The summed E-state index contributed by atoms with van der Waals surface area (Å²) in [6, 6.07) is 0. The van der Waals surface area contributed by atoms with E-state index in [1.165, 1.54) is 186 Å². The molecule has 68 heavy (non-hydrogen) atoms. The second-order valence-corrected chi connectivity index (χ2v) is 19.6. The number of allylic oxidation sites excluding steroid dienone is 10. The molecule has 0 aliphatic rings. The first-order chi connectivity index (χ1) is 33.5. The van der Waals surface area contributed by atoms with Crippen molar-refractivity contribution in [3.05, 3.63) is 60.8 Å². The smallest absolute Gasteiger partial charge is 0.306 e. The van der Waals surface area contributed by atoms with E-state index in [1.54, 1.807) is 0 Å². The van der Waals surface area contributed by atoms with Gasteiger partial charge in [-0.3, -0.25) is 14.4 Å². The Kier molecular flexibility index (Phi) is 54.3. The van der Waals surface area contributed by atoms with Crippen molar-refractivity contribution >= 4 is 17.9 Å². The van der Waals surface area contributed by atoms with Gasteiger partial charge in [0.05, 0.1) is 0 Å². The Labute approximate surface area is 421 Å². The summed E-state index contributed by atoms with van der Waals surface area (Å²) in [5.41, 5.74) is 0. The maximum absolute atomic E-state index is 12.8. The van der Waals surface area contributed by atoms with E-state index >= 15 is 0 Å². The Hall–Kier alpha value is -2.89. The average molecular weight is 952 g/mol. The van der Waals surface area contributed by atoms with Crippen LogP contribution in [0, 0.1) is 0 Å². The molecule has 0 radical (unpaired) electrons. The van der Waals surface area contributed by atoms with Gasteiger partial charge in [-0.1, -0.05) is 255 Å². The van der Waals surface area contributed by atoms with Crippen molar-refractivity contribution in [3.8, 4) is 0 Å². The number of carbonyl (C=O) groups excluding carboxylic acids is 3. The average Bonchev–Trinajstić information content (AvgIpc) is 3.34. The van der Waals surface area contributed by atoms with Crippen LogP contribution in [-0.2, 0) is 28.6 Å². The van der Waals surface area contributed by atoms with Gasteiger partial charge in [-0.25, -0.2) is 0 Å². The fraction of sp³-hybridized carbons (Fsp3) is 0.790. The van der Waals surface area contributed by atoms with Gasteiger partial charge in [0.15, 0.2) is 6.10 Å². The lowest BCUT2D eigenvalue weighted by molar-refractivity contribution is -0.167. The van der Waals surface area contributed by atoms with E-state index < -0.39 is 6.10 Å². The predicted octanol–water partition coefficient (Wildman–Crippen LogP) is 19.6. The van der Waals surface area contributed by atoms with Gasteiger partial charge >= 0.3 is 17.9 Å². The second-order valence-electron chi connectivity index (χ2n) is 19.6. The minimum Gasteiger partial charge on any atom is -0.462 e. The molecule has 0 aromatic rings. The summed E-state index contributed by atoms with van der Waals surface area (Å²) < 4.78 is 16.8. The van der Waals surface area contributed by atoms with E-state index in [0.717, 1.165) is 64.2 Å². The van der Waals surface area contributed by atoms with Gasteiger partial charge in [-0.05, 0) is 83.5 Å². The van der Waals surface area contributed by atoms with Crippen LogP contribution in [0.4, 0.5) is 0 Å². The largest absolute Gasteiger partial charge is 0.462 e. The summed E-state index contributed by atoms with van der Waals surface area (Å²) in [7, 11) is 0. The molecule has 0 aromatic heterocycles. The highest BCUT2D eigenvalue weighted by molar-refractivity contribution is 5.71. The SMILES string of the molecule is CCCCC/C=C\C/C=C\C/C=C\C/C=C\CCCC(=O)OC[C@H](COC(=O)CCCCCCCCCCCCC/C=C\CCCCCCCC)OC(=O)CCCCCCCCCCCCCC. The summed E-state index contributed by atoms with van der Waals surface area (Å²) in [5.74, 6) is -0.936. The fourth-order valence-corrected chi connectivity index (χ4v) is 8.31. The summed E-state index contributed by atoms with van der Waals surface area (Å²) in [6.07, 6.45) is 70.8. The van der Waals surface area contributed by atoms with Crippen LogP contribution >= 0.6 is 0 Å². The Morgan fingerprint density at radius 1 is 0.294 bits per heavy atom. The van der Waals surface area contributed by atoms with E-state index in [-0.39, 0.29) is 37.5 Å². The monoisotopic (exact) mass is 951 g/mol. The lowest BCUT2D eigenvalue weighted by atomic mass is 10.0. The second kappa shape index (κ2) is 56.7. The zero-order valence-electron chi connectivity index (χ0n) is 45.1. The van der Waals surface area contributed by atoms with Crippen molar-refractivity contribution in [3.63, 3.8) is 0 Å². The van der Waals surface area contributed by atoms with E-state index in [0.29, 0.717) is 19.3 Å². The highest BCUT2D eigenvalue weighted by Crippen LogP contribution is 2.16. The van der Waals surface area contributed by atoms with Gasteiger partial charge in [0.25, 0.3) is 0 Å². The molecule has 394 valence electrons. The van der Waals surface area contributed by atoms with Crippen molar-refractivity contribution in [2.45, 2.75) is 303 Å². The molecule has 0 fully saturated rings. The normalized spacial score (nSPS) is 12.5. The first-order valence-electron chi connectivity index (χ1n) is 29.3. The van der Waals surface area contributed by atoms with Crippen molar-refractivity contribution in [1.29, 1.82) is 0 Å². The molecule has 0 N–H and O–H groups in total. The Bertz CT molecular complexity index is 1230. The Morgan fingerprint density at radius 2 is 0.544 bits per heavy atom. The maximum atomic E-state index is 12.8. The fourth-order valence-electron chi connectivity index (χ4n) is 8.31. The van der Waals surface area contributed by atoms with Crippen LogP contribution in [0.3, 0.4) is 0 Å². The first-order valence-corrected chi connectivity index (χ1v) is 29.3. The standard InChI is InChI=1S/C62H110O6/c1-4-7-10-13-16-19-22-25-27-29-30-31-32-34-36-38-41-43-46-49-52-55-61(64)67-58-59(68-62(65)56-53-50-47-44-39-24-21-18-15-12-9-6-3)57-66-60(63)54-51-48-45-42-40-37-35-33-28-26-23-20-17-14-11-8-5-2/h17,20,25-28,35,37,42,45,59H,4-16,18-19,21-24,29-34,36,38-41,43-44,46-58H2,1-3H3/b20-17-,27-25-,28-26-,37-35-,45-42-/t59-/m1/s1. The van der Waals surface area contributed by atoms with Crippen LogP contribution in [0.15, 0.2) is 60.8 Å². The van der Waals surface area contributed by atoms with Gasteiger partial charge in [-0.15, -0.1) is 0 Å². The number of unbranched alkanes of at least 4 members (excludes halogenated alkanes) is 32. The van der Waals surface area contributed by atoms with Gasteiger partial charge in [0.2, 0.25) is 0 Å². The molecule has 0 spiro atoms. The van der Waals surface area contributed by atoms with E-state index in [9.17, 15) is 14.4 Å². The van der Waals surface area contributed by atoms with E-state index in [4.69, 9.17) is 14.2 Å².